The van der Waals surface area contributed by atoms with Crippen LogP contribution in [0.1, 0.15) is 31.0 Å². The lowest BCUT2D eigenvalue weighted by molar-refractivity contribution is 0.589. The van der Waals surface area contributed by atoms with Gasteiger partial charge >= 0.3 is 0 Å². The molecule has 1 aliphatic heterocycles. The fourth-order valence-corrected chi connectivity index (χ4v) is 2.49. The van der Waals surface area contributed by atoms with Crippen molar-refractivity contribution in [3.63, 3.8) is 0 Å². The third kappa shape index (κ3) is 1.74. The third-order valence-corrected chi connectivity index (χ3v) is 3.66. The van der Waals surface area contributed by atoms with E-state index >= 15 is 0 Å². The van der Waals surface area contributed by atoms with E-state index in [1.165, 1.54) is 6.20 Å². The van der Waals surface area contributed by atoms with Crippen LogP contribution in [0.2, 0.25) is 0 Å². The highest BCUT2D eigenvalue weighted by Gasteiger charge is 2.20. The minimum atomic E-state index is -3.37. The van der Waals surface area contributed by atoms with E-state index in [0.29, 0.717) is 10.5 Å². The van der Waals surface area contributed by atoms with Gasteiger partial charge in [-0.25, -0.2) is 8.42 Å². The van der Waals surface area contributed by atoms with Gasteiger partial charge in [0, 0.05) is 23.7 Å². The maximum absolute atomic E-state index is 11.7. The van der Waals surface area contributed by atoms with Gasteiger partial charge < -0.3 is 0 Å². The summed E-state index contributed by atoms with van der Waals surface area (Å²) in [6.07, 6.45) is 4.71. The second-order valence-corrected chi connectivity index (χ2v) is 5.44. The first kappa shape index (κ1) is 10.2. The second kappa shape index (κ2) is 3.34. The van der Waals surface area contributed by atoms with Crippen LogP contribution in [0.4, 0.5) is 0 Å². The molecule has 0 amide bonds. The lowest BCUT2D eigenvalue weighted by Crippen LogP contribution is -2.22. The Morgan fingerprint density at radius 1 is 1.40 bits per heavy atom. The molecule has 0 unspecified atom stereocenters. The Morgan fingerprint density at radius 2 is 2.13 bits per heavy atom. The van der Waals surface area contributed by atoms with E-state index in [4.69, 9.17) is 0 Å². The third-order valence-electron chi connectivity index (χ3n) is 2.28. The van der Waals surface area contributed by atoms with Crippen molar-refractivity contribution in [2.24, 2.45) is 0 Å². The standard InChI is InChI=1S/C10H12N2O2S/c1-7(2)9-5-10-8(6-11-9)3-4-12-15(10,13)14/h3-7,12H,1-2H3. The summed E-state index contributed by atoms with van der Waals surface area (Å²) in [4.78, 5) is 4.52. The molecule has 15 heavy (non-hydrogen) atoms. The van der Waals surface area contributed by atoms with E-state index in [1.54, 1.807) is 18.3 Å². The lowest BCUT2D eigenvalue weighted by atomic mass is 10.1. The summed E-state index contributed by atoms with van der Waals surface area (Å²) in [5.74, 6) is 0.219. The number of hydrogen-bond donors (Lipinski definition) is 1. The zero-order valence-electron chi connectivity index (χ0n) is 8.56. The van der Waals surface area contributed by atoms with Gasteiger partial charge in [-0.3, -0.25) is 9.71 Å². The second-order valence-electron chi connectivity index (χ2n) is 3.76. The first-order valence-electron chi connectivity index (χ1n) is 4.69. The molecule has 4 nitrogen and oxygen atoms in total. The molecule has 1 aromatic rings. The van der Waals surface area contributed by atoms with E-state index < -0.39 is 10.0 Å². The monoisotopic (exact) mass is 224 g/mol. The number of hydrogen-bond acceptors (Lipinski definition) is 3. The zero-order valence-corrected chi connectivity index (χ0v) is 9.38. The molecule has 1 N–H and O–H groups in total. The molecule has 5 heteroatoms. The Morgan fingerprint density at radius 3 is 2.80 bits per heavy atom. The van der Waals surface area contributed by atoms with Crippen LogP contribution < -0.4 is 4.72 Å². The summed E-state index contributed by atoms with van der Waals surface area (Å²) in [7, 11) is -3.37. The fraction of sp³-hybridized carbons (Fsp3) is 0.300. The van der Waals surface area contributed by atoms with Crippen LogP contribution in [0.5, 0.6) is 0 Å². The van der Waals surface area contributed by atoms with Crippen molar-refractivity contribution >= 4 is 16.1 Å². The highest BCUT2D eigenvalue weighted by atomic mass is 32.2. The molecule has 2 heterocycles. The number of rotatable bonds is 1. The highest BCUT2D eigenvalue weighted by Crippen LogP contribution is 2.23. The predicted octanol–water partition coefficient (Wildman–Crippen LogP) is 1.47. The van der Waals surface area contributed by atoms with Gasteiger partial charge in [0.2, 0.25) is 0 Å². The van der Waals surface area contributed by atoms with Crippen molar-refractivity contribution in [2.45, 2.75) is 24.7 Å². The zero-order chi connectivity index (χ0) is 11.1. The minimum absolute atomic E-state index is 0.219. The van der Waals surface area contributed by atoms with Crippen molar-refractivity contribution in [3.8, 4) is 0 Å². The molecular weight excluding hydrogens is 212 g/mol. The van der Waals surface area contributed by atoms with Gasteiger partial charge in [0.25, 0.3) is 10.0 Å². The van der Waals surface area contributed by atoms with Crippen LogP contribution >= 0.6 is 0 Å². The molecule has 0 fully saturated rings. The van der Waals surface area contributed by atoms with Crippen LogP contribution in [0.25, 0.3) is 6.08 Å². The van der Waals surface area contributed by atoms with Crippen molar-refractivity contribution in [1.29, 1.82) is 0 Å². The molecule has 0 aromatic carbocycles. The van der Waals surface area contributed by atoms with Crippen LogP contribution in [-0.2, 0) is 10.0 Å². The maximum Gasteiger partial charge on any atom is 0.262 e. The van der Waals surface area contributed by atoms with Crippen molar-refractivity contribution in [3.05, 3.63) is 29.7 Å². The molecule has 1 aliphatic rings. The molecule has 0 atom stereocenters. The predicted molar refractivity (Wildman–Crippen MR) is 57.7 cm³/mol. The van der Waals surface area contributed by atoms with Crippen LogP contribution in [0.15, 0.2) is 23.4 Å². The quantitative estimate of drug-likeness (QED) is 0.785. The Bertz CT molecular complexity index is 518. The molecule has 0 saturated carbocycles. The van der Waals surface area contributed by atoms with Gasteiger partial charge in [-0.2, -0.15) is 0 Å². The van der Waals surface area contributed by atoms with Gasteiger partial charge in [-0.15, -0.1) is 0 Å². The molecule has 80 valence electrons. The highest BCUT2D eigenvalue weighted by molar-refractivity contribution is 7.89. The molecule has 0 spiro atoms. The van der Waals surface area contributed by atoms with Gasteiger partial charge in [-0.05, 0) is 18.1 Å². The summed E-state index contributed by atoms with van der Waals surface area (Å²) in [6, 6.07) is 1.63. The first-order valence-corrected chi connectivity index (χ1v) is 6.18. The van der Waals surface area contributed by atoms with Crippen molar-refractivity contribution in [2.75, 3.05) is 0 Å². The number of nitrogens with one attached hydrogen (secondary N) is 1. The van der Waals surface area contributed by atoms with Gasteiger partial charge in [0.05, 0.1) is 4.90 Å². The number of fused-ring (bicyclic) bond motifs is 1. The van der Waals surface area contributed by atoms with Crippen LogP contribution in [0.3, 0.4) is 0 Å². The summed E-state index contributed by atoms with van der Waals surface area (Å²) in [5, 5.41) is 0. The van der Waals surface area contributed by atoms with E-state index in [2.05, 4.69) is 9.71 Å². The number of aromatic nitrogens is 1. The maximum atomic E-state index is 11.7. The summed E-state index contributed by atoms with van der Waals surface area (Å²) < 4.78 is 25.7. The van der Waals surface area contributed by atoms with Crippen molar-refractivity contribution in [1.82, 2.24) is 9.71 Å². The lowest BCUT2D eigenvalue weighted by Gasteiger charge is -2.14. The number of nitrogens with zero attached hydrogens (tertiary/aromatic N) is 1. The molecule has 1 aromatic heterocycles. The molecular formula is C10H12N2O2S. The summed E-state index contributed by atoms with van der Waals surface area (Å²) in [5.41, 5.74) is 1.42. The number of pyridine rings is 1. The largest absolute Gasteiger partial charge is 0.286 e. The van der Waals surface area contributed by atoms with Gasteiger partial charge in [0.1, 0.15) is 0 Å². The average molecular weight is 224 g/mol. The minimum Gasteiger partial charge on any atom is -0.286 e. The van der Waals surface area contributed by atoms with Gasteiger partial charge in [0.15, 0.2) is 0 Å². The normalized spacial score (nSPS) is 17.3. The average Bonchev–Trinajstić information content (AvgIpc) is 2.17. The number of sulfonamides is 1. The Labute approximate surface area is 89.1 Å². The van der Waals surface area contributed by atoms with E-state index in [1.807, 2.05) is 13.8 Å². The van der Waals surface area contributed by atoms with E-state index in [9.17, 15) is 8.42 Å². The summed E-state index contributed by atoms with van der Waals surface area (Å²) >= 11 is 0. The molecule has 0 saturated heterocycles. The topological polar surface area (TPSA) is 59.1 Å². The Hall–Kier alpha value is -1.36. The SMILES string of the molecule is CC(C)c1cc2c(cn1)C=CNS2(=O)=O. The van der Waals surface area contributed by atoms with Crippen LogP contribution in [-0.4, -0.2) is 13.4 Å². The first-order chi connectivity index (χ1) is 7.00. The van der Waals surface area contributed by atoms with Crippen molar-refractivity contribution < 1.29 is 8.42 Å². The Kier molecular flexibility index (Phi) is 2.26. The van der Waals surface area contributed by atoms with Crippen LogP contribution in [0, 0.1) is 0 Å². The van der Waals surface area contributed by atoms with E-state index in [0.717, 1.165) is 5.69 Å². The Balaban J connectivity index is 2.65. The fourth-order valence-electron chi connectivity index (χ4n) is 1.41. The molecule has 2 rings (SSSR count). The molecule has 0 aliphatic carbocycles. The summed E-state index contributed by atoms with van der Waals surface area (Å²) in [6.45, 7) is 3.96. The van der Waals surface area contributed by atoms with Gasteiger partial charge in [-0.1, -0.05) is 13.8 Å². The smallest absolute Gasteiger partial charge is 0.262 e. The molecule has 0 radical (unpaired) electrons. The molecule has 0 bridgehead atoms. The van der Waals surface area contributed by atoms with E-state index in [-0.39, 0.29) is 5.92 Å².